The van der Waals surface area contributed by atoms with Crippen LogP contribution in [0.3, 0.4) is 0 Å². The zero-order valence-electron chi connectivity index (χ0n) is 17.6. The van der Waals surface area contributed by atoms with Crippen LogP contribution in [-0.2, 0) is 25.5 Å². The number of rotatable bonds is 9. The number of nitrogens with one attached hydrogen (secondary N) is 2. The number of carbonyl (C=O) groups excluding carboxylic acids is 2. The van der Waals surface area contributed by atoms with E-state index in [0.29, 0.717) is 36.5 Å². The van der Waals surface area contributed by atoms with Gasteiger partial charge in [-0.3, -0.25) is 14.4 Å². The number of hydrogen-bond donors (Lipinski definition) is 3. The minimum atomic E-state index is -0.971. The van der Waals surface area contributed by atoms with Gasteiger partial charge in [-0.2, -0.15) is 0 Å². The van der Waals surface area contributed by atoms with E-state index < -0.39 is 5.97 Å². The van der Waals surface area contributed by atoms with Crippen molar-refractivity contribution in [2.45, 2.75) is 39.2 Å². The average Bonchev–Trinajstić information content (AvgIpc) is 3.11. The van der Waals surface area contributed by atoms with Crippen LogP contribution in [0.1, 0.15) is 32.3 Å². The zero-order chi connectivity index (χ0) is 23.2. The molecule has 1 saturated heterocycles. The molecule has 8 heteroatoms. The van der Waals surface area contributed by atoms with Crippen LogP contribution < -0.4 is 10.6 Å². The van der Waals surface area contributed by atoms with Gasteiger partial charge in [0, 0.05) is 22.2 Å². The molecule has 166 valence electrons. The predicted molar refractivity (Wildman–Crippen MR) is 123 cm³/mol. The molecule has 1 aromatic rings. The lowest BCUT2D eigenvalue weighted by Crippen LogP contribution is -2.29. The molecule has 0 spiro atoms. The molecule has 1 heterocycles. The Labute approximate surface area is 191 Å². The SMILES string of the molecule is C#CC.C/C(=C\C=C/COCC1CCC(=O)N1)C(=O)Nc1ccc(Br)cc1CC(=O)O. The van der Waals surface area contributed by atoms with Crippen LogP contribution in [0.4, 0.5) is 5.69 Å². The van der Waals surface area contributed by atoms with Crippen LogP contribution in [0.15, 0.2) is 46.5 Å². The molecule has 0 aliphatic carbocycles. The molecule has 1 atom stereocenters. The number of benzene rings is 1. The predicted octanol–water partition coefficient (Wildman–Crippen LogP) is 3.45. The first-order chi connectivity index (χ1) is 14.8. The summed E-state index contributed by atoms with van der Waals surface area (Å²) in [4.78, 5) is 34.4. The van der Waals surface area contributed by atoms with Gasteiger partial charge >= 0.3 is 5.97 Å². The highest BCUT2D eigenvalue weighted by Crippen LogP contribution is 2.22. The first-order valence-corrected chi connectivity index (χ1v) is 10.5. The Morgan fingerprint density at radius 3 is 2.77 bits per heavy atom. The van der Waals surface area contributed by atoms with Gasteiger partial charge in [0.15, 0.2) is 0 Å². The molecule has 7 nitrogen and oxygen atoms in total. The van der Waals surface area contributed by atoms with E-state index in [0.717, 1.165) is 10.9 Å². The number of hydrogen-bond acceptors (Lipinski definition) is 4. The van der Waals surface area contributed by atoms with Crippen molar-refractivity contribution < 1.29 is 24.2 Å². The number of terminal acetylenes is 1. The van der Waals surface area contributed by atoms with E-state index in [9.17, 15) is 14.4 Å². The second-order valence-electron chi connectivity index (χ2n) is 6.73. The van der Waals surface area contributed by atoms with E-state index in [1.54, 1.807) is 50.3 Å². The zero-order valence-corrected chi connectivity index (χ0v) is 19.2. The van der Waals surface area contributed by atoms with Gasteiger partial charge in [0.05, 0.1) is 25.7 Å². The Morgan fingerprint density at radius 2 is 2.16 bits per heavy atom. The second-order valence-corrected chi connectivity index (χ2v) is 7.65. The van der Waals surface area contributed by atoms with Crippen molar-refractivity contribution in [2.24, 2.45) is 0 Å². The van der Waals surface area contributed by atoms with Crippen LogP contribution in [0.2, 0.25) is 0 Å². The fourth-order valence-corrected chi connectivity index (χ4v) is 3.05. The van der Waals surface area contributed by atoms with Gasteiger partial charge in [0.25, 0.3) is 5.91 Å². The van der Waals surface area contributed by atoms with Gasteiger partial charge < -0.3 is 20.5 Å². The molecule has 1 fully saturated rings. The minimum Gasteiger partial charge on any atom is -0.481 e. The van der Waals surface area contributed by atoms with Crippen LogP contribution in [-0.4, -0.2) is 42.1 Å². The molecule has 1 aliphatic rings. The summed E-state index contributed by atoms with van der Waals surface area (Å²) in [5.74, 6) is 1.03. The lowest BCUT2D eigenvalue weighted by molar-refractivity contribution is -0.136. The number of carbonyl (C=O) groups is 3. The van der Waals surface area contributed by atoms with Crippen molar-refractivity contribution in [3.05, 3.63) is 52.0 Å². The Hall–Kier alpha value is -2.89. The summed E-state index contributed by atoms with van der Waals surface area (Å²) in [5.41, 5.74) is 1.46. The lowest BCUT2D eigenvalue weighted by atomic mass is 10.1. The van der Waals surface area contributed by atoms with E-state index >= 15 is 0 Å². The smallest absolute Gasteiger partial charge is 0.307 e. The molecule has 3 N–H and O–H groups in total. The number of aliphatic carboxylic acids is 1. The quantitative estimate of drug-likeness (QED) is 0.213. The van der Waals surface area contributed by atoms with Gasteiger partial charge in [-0.25, -0.2) is 0 Å². The number of halogens is 1. The molecule has 31 heavy (non-hydrogen) atoms. The molecule has 0 saturated carbocycles. The molecule has 1 unspecified atom stereocenters. The van der Waals surface area contributed by atoms with Crippen molar-refractivity contribution in [1.29, 1.82) is 0 Å². The minimum absolute atomic E-state index is 0.0611. The molecule has 2 amide bonds. The highest BCUT2D eigenvalue weighted by atomic mass is 79.9. The monoisotopic (exact) mass is 490 g/mol. The summed E-state index contributed by atoms with van der Waals surface area (Å²) in [6, 6.07) is 5.16. The molecular weight excluding hydrogens is 464 g/mol. The first-order valence-electron chi connectivity index (χ1n) is 9.66. The summed E-state index contributed by atoms with van der Waals surface area (Å²) < 4.78 is 6.22. The third kappa shape index (κ3) is 10.6. The molecule has 1 aliphatic heterocycles. The Bertz CT molecular complexity index is 886. The van der Waals surface area contributed by atoms with E-state index in [2.05, 4.69) is 38.9 Å². The van der Waals surface area contributed by atoms with Crippen molar-refractivity contribution in [2.75, 3.05) is 18.5 Å². The van der Waals surface area contributed by atoms with Gasteiger partial charge in [-0.15, -0.1) is 12.3 Å². The summed E-state index contributed by atoms with van der Waals surface area (Å²) in [6.07, 6.45) is 10.9. The summed E-state index contributed by atoms with van der Waals surface area (Å²) >= 11 is 3.30. The van der Waals surface area contributed by atoms with Crippen LogP contribution in [0.25, 0.3) is 0 Å². The Morgan fingerprint density at radius 1 is 1.45 bits per heavy atom. The molecule has 0 aromatic heterocycles. The normalized spacial score (nSPS) is 15.6. The van der Waals surface area contributed by atoms with E-state index in [1.165, 1.54) is 0 Å². The molecular formula is C23H27BrN2O5. The van der Waals surface area contributed by atoms with E-state index in [1.807, 2.05) is 0 Å². The summed E-state index contributed by atoms with van der Waals surface area (Å²) in [6.45, 7) is 4.17. The van der Waals surface area contributed by atoms with Gasteiger partial charge in [-0.05, 0) is 44.0 Å². The number of carboxylic acid groups (broad SMARTS) is 1. The maximum atomic E-state index is 12.3. The first kappa shape index (κ1) is 26.1. The van der Waals surface area contributed by atoms with Crippen molar-refractivity contribution >= 4 is 39.4 Å². The maximum absolute atomic E-state index is 12.3. The highest BCUT2D eigenvalue weighted by Gasteiger charge is 2.20. The number of amides is 2. The highest BCUT2D eigenvalue weighted by molar-refractivity contribution is 9.10. The van der Waals surface area contributed by atoms with Gasteiger partial charge in [0.1, 0.15) is 0 Å². The molecule has 0 bridgehead atoms. The summed E-state index contributed by atoms with van der Waals surface area (Å²) in [7, 11) is 0. The fraction of sp³-hybridized carbons (Fsp3) is 0.348. The molecule has 0 radical (unpaired) electrons. The van der Waals surface area contributed by atoms with E-state index in [-0.39, 0.29) is 24.3 Å². The van der Waals surface area contributed by atoms with E-state index in [4.69, 9.17) is 9.84 Å². The van der Waals surface area contributed by atoms with Crippen LogP contribution >= 0.6 is 15.9 Å². The average molecular weight is 491 g/mol. The Kier molecular flexibility index (Phi) is 12.0. The van der Waals surface area contributed by atoms with Crippen LogP contribution in [0, 0.1) is 12.3 Å². The standard InChI is InChI=1S/C20H23BrN2O5.C3H4/c1-13(4-2-3-9-28-12-16-6-8-18(24)22-16)20(27)23-17-7-5-15(21)10-14(17)11-19(25)26;1-3-2/h2-5,7,10,16H,6,8-9,11-12H2,1H3,(H,22,24)(H,23,27)(H,25,26);1H,2H3/b3-2-,13-4+;. The number of allylic oxidation sites excluding steroid dienone is 2. The summed E-state index contributed by atoms with van der Waals surface area (Å²) in [5, 5.41) is 14.6. The maximum Gasteiger partial charge on any atom is 0.307 e. The fourth-order valence-electron chi connectivity index (χ4n) is 2.64. The third-order valence-electron chi connectivity index (χ3n) is 4.12. The van der Waals surface area contributed by atoms with Crippen LogP contribution in [0.5, 0.6) is 0 Å². The second kappa shape index (κ2) is 14.2. The van der Waals surface area contributed by atoms with Crippen molar-refractivity contribution in [3.63, 3.8) is 0 Å². The van der Waals surface area contributed by atoms with Gasteiger partial charge in [0.2, 0.25) is 5.91 Å². The topological polar surface area (TPSA) is 105 Å². The lowest BCUT2D eigenvalue weighted by Gasteiger charge is -2.10. The molecule has 1 aromatic carbocycles. The number of carboxylic acids is 1. The molecule has 2 rings (SSSR count). The Balaban J connectivity index is 0.00000151. The van der Waals surface area contributed by atoms with Crippen molar-refractivity contribution in [3.8, 4) is 12.3 Å². The third-order valence-corrected chi connectivity index (χ3v) is 4.61. The number of ether oxygens (including phenoxy) is 1. The number of anilines is 1. The van der Waals surface area contributed by atoms with Gasteiger partial charge in [-0.1, -0.05) is 34.2 Å². The largest absolute Gasteiger partial charge is 0.481 e. The van der Waals surface area contributed by atoms with Crippen molar-refractivity contribution in [1.82, 2.24) is 5.32 Å².